The van der Waals surface area contributed by atoms with E-state index in [1.54, 1.807) is 7.11 Å². The second-order valence-electron chi connectivity index (χ2n) is 8.28. The first-order valence-corrected chi connectivity index (χ1v) is 10.3. The van der Waals surface area contributed by atoms with Crippen molar-refractivity contribution in [2.24, 2.45) is 11.8 Å². The number of ether oxygens (including phenoxy) is 2. The Hall–Kier alpha value is -2.73. The number of rotatable bonds is 4. The smallest absolute Gasteiger partial charge is 0.156 e. The molecule has 5 rings (SSSR count). The van der Waals surface area contributed by atoms with E-state index in [1.807, 2.05) is 24.5 Å². The van der Waals surface area contributed by atoms with Crippen LogP contribution >= 0.6 is 0 Å². The summed E-state index contributed by atoms with van der Waals surface area (Å²) in [7, 11) is 1.70. The van der Waals surface area contributed by atoms with Gasteiger partial charge in [-0.15, -0.1) is 10.2 Å². The van der Waals surface area contributed by atoms with E-state index in [4.69, 9.17) is 9.47 Å². The summed E-state index contributed by atoms with van der Waals surface area (Å²) in [6.07, 6.45) is 6.12. The molecule has 6 heteroatoms. The van der Waals surface area contributed by atoms with E-state index in [9.17, 15) is 0 Å². The molecule has 1 aliphatic carbocycles. The van der Waals surface area contributed by atoms with Gasteiger partial charge in [0.05, 0.1) is 20.3 Å². The Balaban J connectivity index is 1.61. The summed E-state index contributed by atoms with van der Waals surface area (Å²) in [4.78, 5) is 4.38. The van der Waals surface area contributed by atoms with Crippen molar-refractivity contribution in [3.8, 4) is 17.0 Å². The third-order valence-corrected chi connectivity index (χ3v) is 6.37. The fourth-order valence-corrected chi connectivity index (χ4v) is 4.99. The monoisotopic (exact) mass is 390 g/mol. The Morgan fingerprint density at radius 3 is 2.62 bits per heavy atom. The van der Waals surface area contributed by atoms with E-state index in [-0.39, 0.29) is 0 Å². The molecule has 3 heterocycles. The molecule has 0 radical (unpaired) electrons. The van der Waals surface area contributed by atoms with Crippen molar-refractivity contribution in [3.63, 3.8) is 0 Å². The molecule has 1 N–H and O–H groups in total. The average Bonchev–Trinajstić information content (AvgIpc) is 2.94. The van der Waals surface area contributed by atoms with Gasteiger partial charge in [0.2, 0.25) is 0 Å². The van der Waals surface area contributed by atoms with E-state index in [2.05, 4.69) is 40.4 Å². The molecule has 0 spiro atoms. The zero-order chi connectivity index (χ0) is 20.0. The Bertz CT molecular complexity index is 1050. The lowest BCUT2D eigenvalue weighted by molar-refractivity contribution is 0.0392. The van der Waals surface area contributed by atoms with Gasteiger partial charge in [-0.2, -0.15) is 0 Å². The highest BCUT2D eigenvalue weighted by Crippen LogP contribution is 2.40. The van der Waals surface area contributed by atoms with E-state index in [0.29, 0.717) is 17.9 Å². The molecule has 1 saturated carbocycles. The fraction of sp³-hybridized carbons (Fsp3) is 0.435. The first kappa shape index (κ1) is 18.3. The van der Waals surface area contributed by atoms with Crippen molar-refractivity contribution in [2.45, 2.75) is 32.7 Å². The van der Waals surface area contributed by atoms with Gasteiger partial charge in [-0.1, -0.05) is 6.07 Å². The van der Waals surface area contributed by atoms with Crippen LogP contribution in [0.2, 0.25) is 0 Å². The summed E-state index contributed by atoms with van der Waals surface area (Å²) in [5.74, 6) is 2.74. The second kappa shape index (κ2) is 7.26. The summed E-state index contributed by atoms with van der Waals surface area (Å²) in [6, 6.07) is 6.61. The zero-order valence-electron chi connectivity index (χ0n) is 17.1. The van der Waals surface area contributed by atoms with E-state index in [0.717, 1.165) is 57.9 Å². The van der Waals surface area contributed by atoms with E-state index in [1.165, 1.54) is 12.8 Å². The Morgan fingerprint density at radius 2 is 1.86 bits per heavy atom. The minimum absolute atomic E-state index is 0.399. The van der Waals surface area contributed by atoms with Crippen molar-refractivity contribution >= 4 is 16.6 Å². The number of hydrogen-bond acceptors (Lipinski definition) is 6. The van der Waals surface area contributed by atoms with Gasteiger partial charge < -0.3 is 14.8 Å². The number of aryl methyl sites for hydroxylation is 2. The van der Waals surface area contributed by atoms with Crippen molar-refractivity contribution in [1.82, 2.24) is 15.2 Å². The minimum atomic E-state index is 0.399. The number of pyridine rings is 1. The summed E-state index contributed by atoms with van der Waals surface area (Å²) in [5, 5.41) is 15.0. The predicted octanol–water partition coefficient (Wildman–Crippen LogP) is 4.15. The number of fused-ring (bicyclic) bond motifs is 3. The fourth-order valence-electron chi connectivity index (χ4n) is 4.99. The second-order valence-corrected chi connectivity index (χ2v) is 8.28. The van der Waals surface area contributed by atoms with Gasteiger partial charge in [0.25, 0.3) is 0 Å². The van der Waals surface area contributed by atoms with Crippen LogP contribution in [0, 0.1) is 25.7 Å². The maximum atomic E-state index is 5.74. The molecule has 1 aromatic carbocycles. The van der Waals surface area contributed by atoms with Crippen LogP contribution in [0.25, 0.3) is 22.0 Å². The molecule has 150 valence electrons. The van der Waals surface area contributed by atoms with Gasteiger partial charge in [-0.3, -0.25) is 4.98 Å². The quantitative estimate of drug-likeness (QED) is 0.722. The van der Waals surface area contributed by atoms with Gasteiger partial charge in [-0.25, -0.2) is 0 Å². The Morgan fingerprint density at radius 1 is 1.07 bits per heavy atom. The van der Waals surface area contributed by atoms with Crippen molar-refractivity contribution < 1.29 is 9.47 Å². The molecular formula is C23H26N4O2. The normalized spacial score (nSPS) is 23.3. The van der Waals surface area contributed by atoms with Crippen LogP contribution < -0.4 is 10.1 Å². The largest absolute Gasteiger partial charge is 0.496 e. The van der Waals surface area contributed by atoms with Crippen LogP contribution in [0.5, 0.6) is 5.75 Å². The van der Waals surface area contributed by atoms with Crippen LogP contribution in [-0.2, 0) is 4.74 Å². The third kappa shape index (κ3) is 3.12. The zero-order valence-corrected chi connectivity index (χ0v) is 17.1. The van der Waals surface area contributed by atoms with Crippen LogP contribution in [0.1, 0.15) is 24.0 Å². The van der Waals surface area contributed by atoms with Crippen LogP contribution in [0.4, 0.5) is 5.82 Å². The highest BCUT2D eigenvalue weighted by atomic mass is 16.5. The van der Waals surface area contributed by atoms with Gasteiger partial charge in [0.1, 0.15) is 11.4 Å². The molecule has 2 bridgehead atoms. The summed E-state index contributed by atoms with van der Waals surface area (Å²) >= 11 is 0. The highest BCUT2D eigenvalue weighted by Gasteiger charge is 2.40. The van der Waals surface area contributed by atoms with Crippen LogP contribution in [0.3, 0.4) is 0 Å². The number of nitrogens with one attached hydrogen (secondary N) is 1. The van der Waals surface area contributed by atoms with Crippen LogP contribution in [0.15, 0.2) is 30.6 Å². The van der Waals surface area contributed by atoms with Gasteiger partial charge in [0, 0.05) is 46.6 Å². The molecule has 2 fully saturated rings. The summed E-state index contributed by atoms with van der Waals surface area (Å²) in [6.45, 7) is 5.82. The molecule has 3 atom stereocenters. The molecule has 3 aromatic rings. The van der Waals surface area contributed by atoms with Crippen molar-refractivity contribution in [1.29, 1.82) is 0 Å². The molecule has 2 aromatic heterocycles. The molecule has 6 nitrogen and oxygen atoms in total. The highest BCUT2D eigenvalue weighted by molar-refractivity contribution is 6.01. The number of anilines is 1. The standard InChI is InChI=1S/C23H26N4O2/c1-13-8-14(2)20(19(9-13)28-3)22-18-10-24-7-6-17(18)23(27-26-22)25-21-15-4-5-16(21)12-29-11-15/h6-10,15-16,21H,4-5,11-12H2,1-3H3,(H,25,27)/t15-,16+,21?. The molecule has 1 unspecified atom stereocenters. The Kier molecular flexibility index (Phi) is 4.59. The van der Waals surface area contributed by atoms with E-state index >= 15 is 0 Å². The topological polar surface area (TPSA) is 69.2 Å². The van der Waals surface area contributed by atoms with Crippen molar-refractivity contribution in [3.05, 3.63) is 41.7 Å². The van der Waals surface area contributed by atoms with E-state index < -0.39 is 0 Å². The molecule has 29 heavy (non-hydrogen) atoms. The number of methoxy groups -OCH3 is 1. The number of aromatic nitrogens is 3. The molecule has 1 saturated heterocycles. The lowest BCUT2D eigenvalue weighted by Gasteiger charge is -2.31. The molecule has 1 aliphatic heterocycles. The Labute approximate surface area is 170 Å². The SMILES string of the molecule is COc1cc(C)cc(C)c1-c1nnc(NC2[C@@H]3CC[C@H]2COC3)c2ccncc12. The van der Waals surface area contributed by atoms with Gasteiger partial charge in [-0.05, 0) is 49.9 Å². The first-order valence-electron chi connectivity index (χ1n) is 10.3. The van der Waals surface area contributed by atoms with Crippen molar-refractivity contribution in [2.75, 3.05) is 25.6 Å². The summed E-state index contributed by atoms with van der Waals surface area (Å²) in [5.41, 5.74) is 4.06. The minimum Gasteiger partial charge on any atom is -0.496 e. The van der Waals surface area contributed by atoms with Gasteiger partial charge >= 0.3 is 0 Å². The molecule has 2 aliphatic rings. The molecular weight excluding hydrogens is 364 g/mol. The maximum absolute atomic E-state index is 5.74. The lowest BCUT2D eigenvalue weighted by Crippen LogP contribution is -2.39. The maximum Gasteiger partial charge on any atom is 0.156 e. The molecule has 0 amide bonds. The number of hydrogen-bond donors (Lipinski definition) is 1. The lowest BCUT2D eigenvalue weighted by atomic mass is 9.95. The number of nitrogens with zero attached hydrogens (tertiary/aromatic N) is 3. The van der Waals surface area contributed by atoms with Crippen LogP contribution in [-0.4, -0.2) is 41.5 Å². The first-order chi connectivity index (χ1) is 14.2. The van der Waals surface area contributed by atoms with Gasteiger partial charge in [0.15, 0.2) is 5.82 Å². The predicted molar refractivity (Wildman–Crippen MR) is 113 cm³/mol. The summed E-state index contributed by atoms with van der Waals surface area (Å²) < 4.78 is 11.4. The average molecular weight is 390 g/mol. The third-order valence-electron chi connectivity index (χ3n) is 6.37. The number of benzene rings is 1.